The van der Waals surface area contributed by atoms with Crippen LogP contribution in [0.3, 0.4) is 0 Å². The smallest absolute Gasteiger partial charge is 0.234 e. The van der Waals surface area contributed by atoms with E-state index >= 15 is 0 Å². The predicted molar refractivity (Wildman–Crippen MR) is 103 cm³/mol. The van der Waals surface area contributed by atoms with Gasteiger partial charge in [-0.2, -0.15) is 0 Å². The molecule has 1 amide bonds. The van der Waals surface area contributed by atoms with Gasteiger partial charge >= 0.3 is 0 Å². The lowest BCUT2D eigenvalue weighted by Crippen LogP contribution is -2.50. The SMILES string of the molecule is Cc1ccc([C@@H](C)NC(=O)CN2CC(c3nc4ccccc4[nH]3)C2)cc1. The van der Waals surface area contributed by atoms with Gasteiger partial charge in [0, 0.05) is 19.0 Å². The first-order valence-corrected chi connectivity index (χ1v) is 9.11. The molecule has 1 saturated heterocycles. The Balaban J connectivity index is 1.28. The number of aryl methyl sites for hydroxylation is 1. The maximum absolute atomic E-state index is 12.3. The molecular weight excluding hydrogens is 324 g/mol. The number of likely N-dealkylation sites (tertiary alicyclic amines) is 1. The third kappa shape index (κ3) is 3.48. The number of aromatic amines is 1. The molecule has 1 aliphatic rings. The molecule has 0 unspecified atom stereocenters. The number of aromatic nitrogens is 2. The van der Waals surface area contributed by atoms with Gasteiger partial charge in [0.15, 0.2) is 0 Å². The summed E-state index contributed by atoms with van der Waals surface area (Å²) in [4.78, 5) is 22.5. The molecule has 5 nitrogen and oxygen atoms in total. The van der Waals surface area contributed by atoms with Crippen molar-refractivity contribution in [3.8, 4) is 0 Å². The first kappa shape index (κ1) is 16.8. The van der Waals surface area contributed by atoms with Gasteiger partial charge in [-0.15, -0.1) is 0 Å². The van der Waals surface area contributed by atoms with E-state index in [1.54, 1.807) is 0 Å². The molecule has 2 heterocycles. The molecule has 1 aliphatic heterocycles. The van der Waals surface area contributed by atoms with Crippen molar-refractivity contribution in [2.75, 3.05) is 19.6 Å². The van der Waals surface area contributed by atoms with E-state index in [0.29, 0.717) is 12.5 Å². The molecule has 26 heavy (non-hydrogen) atoms. The standard InChI is InChI=1S/C21H24N4O/c1-14-7-9-16(10-8-14)15(2)22-20(26)13-25-11-17(12-25)21-23-18-5-3-4-6-19(18)24-21/h3-10,15,17H,11-13H2,1-2H3,(H,22,26)(H,23,24)/t15-/m1/s1. The fraction of sp³-hybridized carbons (Fsp3) is 0.333. The highest BCUT2D eigenvalue weighted by molar-refractivity contribution is 5.78. The molecule has 0 aliphatic carbocycles. The van der Waals surface area contributed by atoms with E-state index < -0.39 is 0 Å². The molecule has 5 heteroatoms. The monoisotopic (exact) mass is 348 g/mol. The fourth-order valence-electron chi connectivity index (χ4n) is 3.47. The minimum absolute atomic E-state index is 0.0237. The van der Waals surface area contributed by atoms with Crippen LogP contribution in [0.15, 0.2) is 48.5 Å². The van der Waals surface area contributed by atoms with Crippen LogP contribution in [-0.4, -0.2) is 40.4 Å². The molecule has 4 rings (SSSR count). The predicted octanol–water partition coefficient (Wildman–Crippen LogP) is 3.15. The molecule has 0 radical (unpaired) electrons. The number of rotatable bonds is 5. The van der Waals surface area contributed by atoms with Gasteiger partial charge in [-0.3, -0.25) is 9.69 Å². The van der Waals surface area contributed by atoms with E-state index in [1.807, 2.05) is 31.2 Å². The van der Waals surface area contributed by atoms with E-state index in [9.17, 15) is 4.79 Å². The van der Waals surface area contributed by atoms with Crippen molar-refractivity contribution < 1.29 is 4.79 Å². The van der Waals surface area contributed by atoms with Crippen molar-refractivity contribution >= 4 is 16.9 Å². The zero-order valence-corrected chi connectivity index (χ0v) is 15.2. The summed E-state index contributed by atoms with van der Waals surface area (Å²) in [7, 11) is 0. The molecular formula is C21H24N4O. The molecule has 0 saturated carbocycles. The van der Waals surface area contributed by atoms with Gasteiger partial charge in [0.2, 0.25) is 5.91 Å². The quantitative estimate of drug-likeness (QED) is 0.745. The van der Waals surface area contributed by atoms with Gasteiger partial charge in [-0.05, 0) is 31.5 Å². The van der Waals surface area contributed by atoms with Crippen LogP contribution >= 0.6 is 0 Å². The number of nitrogens with zero attached hydrogens (tertiary/aromatic N) is 2. The van der Waals surface area contributed by atoms with Crippen LogP contribution in [0.2, 0.25) is 0 Å². The van der Waals surface area contributed by atoms with Gasteiger partial charge in [-0.1, -0.05) is 42.0 Å². The summed E-state index contributed by atoms with van der Waals surface area (Å²) in [6.07, 6.45) is 0. The minimum atomic E-state index is 0.0237. The number of nitrogens with one attached hydrogen (secondary N) is 2. The van der Waals surface area contributed by atoms with Crippen LogP contribution < -0.4 is 5.32 Å². The highest BCUT2D eigenvalue weighted by Gasteiger charge is 2.31. The van der Waals surface area contributed by atoms with Gasteiger partial charge in [-0.25, -0.2) is 4.98 Å². The summed E-state index contributed by atoms with van der Waals surface area (Å²) < 4.78 is 0. The molecule has 2 aromatic carbocycles. The average Bonchev–Trinajstić information content (AvgIpc) is 3.01. The number of hydrogen-bond donors (Lipinski definition) is 2. The maximum Gasteiger partial charge on any atom is 0.234 e. The first-order chi connectivity index (χ1) is 12.6. The molecule has 1 fully saturated rings. The van der Waals surface area contributed by atoms with Gasteiger partial charge in [0.25, 0.3) is 0 Å². The first-order valence-electron chi connectivity index (χ1n) is 9.11. The second-order valence-electron chi connectivity index (χ2n) is 7.23. The number of carbonyl (C=O) groups excluding carboxylic acids is 1. The van der Waals surface area contributed by atoms with Crippen molar-refractivity contribution in [2.24, 2.45) is 0 Å². The Hall–Kier alpha value is -2.66. The summed E-state index contributed by atoms with van der Waals surface area (Å²) in [6, 6.07) is 16.4. The number of hydrogen-bond acceptors (Lipinski definition) is 3. The second-order valence-corrected chi connectivity index (χ2v) is 7.23. The molecule has 0 bridgehead atoms. The molecule has 1 atom stereocenters. The zero-order chi connectivity index (χ0) is 18.1. The average molecular weight is 348 g/mol. The third-order valence-corrected chi connectivity index (χ3v) is 5.07. The lowest BCUT2D eigenvalue weighted by atomic mass is 9.99. The van der Waals surface area contributed by atoms with Gasteiger partial charge in [0.1, 0.15) is 5.82 Å². The van der Waals surface area contributed by atoms with E-state index in [1.165, 1.54) is 5.56 Å². The van der Waals surface area contributed by atoms with Crippen molar-refractivity contribution in [3.05, 3.63) is 65.5 Å². The molecule has 3 aromatic rings. The lowest BCUT2D eigenvalue weighted by Gasteiger charge is -2.37. The van der Waals surface area contributed by atoms with Gasteiger partial charge in [0.05, 0.1) is 23.6 Å². The lowest BCUT2D eigenvalue weighted by molar-refractivity contribution is -0.124. The van der Waals surface area contributed by atoms with Crippen molar-refractivity contribution in [1.29, 1.82) is 0 Å². The van der Waals surface area contributed by atoms with Gasteiger partial charge < -0.3 is 10.3 Å². The van der Waals surface area contributed by atoms with E-state index in [4.69, 9.17) is 0 Å². The Morgan fingerprint density at radius 3 is 2.69 bits per heavy atom. The summed E-state index contributed by atoms with van der Waals surface area (Å²) in [5.41, 5.74) is 4.44. The topological polar surface area (TPSA) is 61.0 Å². The van der Waals surface area contributed by atoms with Crippen LogP contribution in [0, 0.1) is 6.92 Å². The van der Waals surface area contributed by atoms with Crippen molar-refractivity contribution in [3.63, 3.8) is 0 Å². The van der Waals surface area contributed by atoms with Crippen LogP contribution in [0.1, 0.15) is 35.8 Å². The second kappa shape index (κ2) is 6.92. The largest absolute Gasteiger partial charge is 0.348 e. The Labute approximate surface area is 153 Å². The van der Waals surface area contributed by atoms with Crippen LogP contribution in [-0.2, 0) is 4.79 Å². The maximum atomic E-state index is 12.3. The zero-order valence-electron chi connectivity index (χ0n) is 15.2. The molecule has 1 aromatic heterocycles. The summed E-state index contributed by atoms with van der Waals surface area (Å²) >= 11 is 0. The van der Waals surface area contributed by atoms with E-state index in [0.717, 1.165) is 35.5 Å². The van der Waals surface area contributed by atoms with Crippen molar-refractivity contribution in [2.45, 2.75) is 25.8 Å². The third-order valence-electron chi connectivity index (χ3n) is 5.07. The number of H-pyrrole nitrogens is 1. The Morgan fingerprint density at radius 2 is 1.96 bits per heavy atom. The fourth-order valence-corrected chi connectivity index (χ4v) is 3.47. The van der Waals surface area contributed by atoms with Crippen LogP contribution in [0.25, 0.3) is 11.0 Å². The Kier molecular flexibility index (Phi) is 4.47. The Bertz CT molecular complexity index is 876. The number of para-hydroxylation sites is 2. The number of fused-ring (bicyclic) bond motifs is 1. The van der Waals surface area contributed by atoms with E-state index in [-0.39, 0.29) is 11.9 Å². The molecule has 0 spiro atoms. The number of carbonyl (C=O) groups is 1. The number of imidazole rings is 1. The number of benzene rings is 2. The van der Waals surface area contributed by atoms with Crippen LogP contribution in [0.5, 0.6) is 0 Å². The normalized spacial score (nSPS) is 16.4. The highest BCUT2D eigenvalue weighted by Crippen LogP contribution is 2.26. The minimum Gasteiger partial charge on any atom is -0.348 e. The Morgan fingerprint density at radius 1 is 1.23 bits per heavy atom. The summed E-state index contributed by atoms with van der Waals surface area (Å²) in [5, 5.41) is 3.09. The molecule has 2 N–H and O–H groups in total. The molecule has 134 valence electrons. The number of amides is 1. The van der Waals surface area contributed by atoms with E-state index in [2.05, 4.69) is 51.4 Å². The summed E-state index contributed by atoms with van der Waals surface area (Å²) in [6.45, 7) is 6.26. The summed E-state index contributed by atoms with van der Waals surface area (Å²) in [5.74, 6) is 1.47. The van der Waals surface area contributed by atoms with Crippen molar-refractivity contribution in [1.82, 2.24) is 20.2 Å². The van der Waals surface area contributed by atoms with Crippen LogP contribution in [0.4, 0.5) is 0 Å². The highest BCUT2D eigenvalue weighted by atomic mass is 16.2.